The molecule has 0 atom stereocenters. The molecule has 5 heteroatoms. The van der Waals surface area contributed by atoms with Crippen molar-refractivity contribution in [1.82, 2.24) is 0 Å². The lowest BCUT2D eigenvalue weighted by molar-refractivity contribution is -0.138. The fourth-order valence-corrected chi connectivity index (χ4v) is 1.74. The lowest BCUT2D eigenvalue weighted by Gasteiger charge is -2.24. The van der Waals surface area contributed by atoms with Crippen LogP contribution in [-0.4, -0.2) is 24.2 Å². The third kappa shape index (κ3) is 3.23. The molecule has 0 aromatic heterocycles. The predicted molar refractivity (Wildman–Crippen MR) is 69.7 cm³/mol. The zero-order chi connectivity index (χ0) is 13.9. The summed E-state index contributed by atoms with van der Waals surface area (Å²) < 4.78 is 0. The summed E-state index contributed by atoms with van der Waals surface area (Å²) in [6.45, 7) is 3.74. The number of benzene rings is 1. The fraction of sp³-hybridized carbons (Fsp3) is 0.385. The Morgan fingerprint density at radius 2 is 1.78 bits per heavy atom. The lowest BCUT2D eigenvalue weighted by Crippen LogP contribution is -2.31. The molecule has 0 bridgehead atoms. The number of anilines is 1. The summed E-state index contributed by atoms with van der Waals surface area (Å²) in [6.07, 6.45) is 0.0536. The number of carbonyl (C=O) groups excluding carboxylic acids is 1. The molecule has 2 amide bonds. The Bertz CT molecular complexity index is 452. The first kappa shape index (κ1) is 14.0. The number of hydrogen-bond acceptors (Lipinski definition) is 2. The van der Waals surface area contributed by atoms with Crippen LogP contribution in [0.2, 0.25) is 0 Å². The maximum atomic E-state index is 11.0. The Kier molecular flexibility index (Phi) is 3.96. The quantitative estimate of drug-likeness (QED) is 0.856. The van der Waals surface area contributed by atoms with Crippen LogP contribution in [0.1, 0.15) is 25.8 Å². The van der Waals surface area contributed by atoms with Gasteiger partial charge in [-0.1, -0.05) is 26.0 Å². The van der Waals surface area contributed by atoms with Crippen LogP contribution >= 0.6 is 0 Å². The number of carbonyl (C=O) groups is 2. The molecule has 3 N–H and O–H groups in total. The van der Waals surface area contributed by atoms with Gasteiger partial charge in [0.15, 0.2) is 0 Å². The number of amides is 2. The largest absolute Gasteiger partial charge is 0.481 e. The average molecular weight is 250 g/mol. The molecule has 0 heterocycles. The molecule has 18 heavy (non-hydrogen) atoms. The fourth-order valence-electron chi connectivity index (χ4n) is 1.74. The van der Waals surface area contributed by atoms with Gasteiger partial charge in [-0.3, -0.25) is 9.69 Å². The highest BCUT2D eigenvalue weighted by Crippen LogP contribution is 2.28. The minimum atomic E-state index is -0.835. The third-order valence-electron chi connectivity index (χ3n) is 2.96. The van der Waals surface area contributed by atoms with E-state index in [1.165, 1.54) is 4.90 Å². The first-order valence-corrected chi connectivity index (χ1v) is 5.59. The van der Waals surface area contributed by atoms with Crippen molar-refractivity contribution >= 4 is 17.7 Å². The number of primary amides is 1. The van der Waals surface area contributed by atoms with Crippen LogP contribution in [0.5, 0.6) is 0 Å². The standard InChI is InChI=1S/C13H18N2O3/c1-13(2,8-11(16)17)9-4-6-10(7-5-9)15(3)12(14)18/h4-7H,8H2,1-3H3,(H2,14,18)(H,16,17). The van der Waals surface area contributed by atoms with E-state index in [1.807, 2.05) is 26.0 Å². The maximum Gasteiger partial charge on any atom is 0.318 e. The number of rotatable bonds is 4. The molecule has 1 rings (SSSR count). The van der Waals surface area contributed by atoms with Gasteiger partial charge < -0.3 is 10.8 Å². The van der Waals surface area contributed by atoms with E-state index in [2.05, 4.69) is 0 Å². The Hall–Kier alpha value is -2.04. The van der Waals surface area contributed by atoms with Crippen molar-refractivity contribution in [2.75, 3.05) is 11.9 Å². The SMILES string of the molecule is CN(C(N)=O)c1ccc(C(C)(C)CC(=O)O)cc1. The highest BCUT2D eigenvalue weighted by molar-refractivity contribution is 5.90. The summed E-state index contributed by atoms with van der Waals surface area (Å²) in [5.74, 6) is -0.835. The summed E-state index contributed by atoms with van der Waals surface area (Å²) in [5, 5.41) is 8.86. The second-order valence-electron chi connectivity index (χ2n) is 4.90. The van der Waals surface area contributed by atoms with Gasteiger partial charge in [-0.05, 0) is 17.7 Å². The molecule has 1 aromatic rings. The van der Waals surface area contributed by atoms with Crippen molar-refractivity contribution in [2.24, 2.45) is 5.73 Å². The van der Waals surface area contributed by atoms with Crippen molar-refractivity contribution < 1.29 is 14.7 Å². The number of carboxylic acid groups (broad SMARTS) is 1. The highest BCUT2D eigenvalue weighted by atomic mass is 16.4. The topological polar surface area (TPSA) is 83.6 Å². The normalized spacial score (nSPS) is 11.1. The van der Waals surface area contributed by atoms with E-state index in [4.69, 9.17) is 10.8 Å². The van der Waals surface area contributed by atoms with Gasteiger partial charge >= 0.3 is 12.0 Å². The second-order valence-corrected chi connectivity index (χ2v) is 4.90. The van der Waals surface area contributed by atoms with Crippen LogP contribution in [0.25, 0.3) is 0 Å². The van der Waals surface area contributed by atoms with E-state index >= 15 is 0 Å². The molecular formula is C13H18N2O3. The van der Waals surface area contributed by atoms with Gasteiger partial charge in [-0.2, -0.15) is 0 Å². The molecule has 5 nitrogen and oxygen atoms in total. The monoisotopic (exact) mass is 250 g/mol. The Morgan fingerprint density at radius 3 is 2.17 bits per heavy atom. The van der Waals surface area contributed by atoms with Gasteiger partial charge in [0.05, 0.1) is 6.42 Å². The number of nitrogens with zero attached hydrogens (tertiary/aromatic N) is 1. The summed E-state index contributed by atoms with van der Waals surface area (Å²) in [6, 6.07) is 6.61. The Balaban J connectivity index is 2.95. The van der Waals surface area contributed by atoms with Crippen molar-refractivity contribution in [3.05, 3.63) is 29.8 Å². The number of urea groups is 1. The van der Waals surface area contributed by atoms with Gasteiger partial charge in [-0.25, -0.2) is 4.79 Å². The van der Waals surface area contributed by atoms with E-state index in [9.17, 15) is 9.59 Å². The van der Waals surface area contributed by atoms with Crippen LogP contribution in [0.15, 0.2) is 24.3 Å². The molecule has 0 aliphatic carbocycles. The minimum Gasteiger partial charge on any atom is -0.481 e. The van der Waals surface area contributed by atoms with E-state index in [1.54, 1.807) is 19.2 Å². The van der Waals surface area contributed by atoms with E-state index in [0.29, 0.717) is 5.69 Å². The second kappa shape index (κ2) is 5.08. The van der Waals surface area contributed by atoms with Crippen molar-refractivity contribution in [3.63, 3.8) is 0 Å². The van der Waals surface area contributed by atoms with Crippen LogP contribution in [0, 0.1) is 0 Å². The molecule has 98 valence electrons. The number of nitrogens with two attached hydrogens (primary N) is 1. The molecule has 1 aromatic carbocycles. The van der Waals surface area contributed by atoms with E-state index < -0.39 is 17.4 Å². The zero-order valence-corrected chi connectivity index (χ0v) is 10.8. The Morgan fingerprint density at radius 1 is 1.28 bits per heavy atom. The smallest absolute Gasteiger partial charge is 0.318 e. The van der Waals surface area contributed by atoms with Gasteiger partial charge in [0.25, 0.3) is 0 Å². The van der Waals surface area contributed by atoms with Gasteiger partial charge in [0, 0.05) is 18.2 Å². The van der Waals surface area contributed by atoms with E-state index in [-0.39, 0.29) is 6.42 Å². The van der Waals surface area contributed by atoms with Crippen LogP contribution in [0.4, 0.5) is 10.5 Å². The van der Waals surface area contributed by atoms with Crippen molar-refractivity contribution in [1.29, 1.82) is 0 Å². The molecule has 0 unspecified atom stereocenters. The van der Waals surface area contributed by atoms with Gasteiger partial charge in [0.1, 0.15) is 0 Å². The number of carboxylic acids is 1. The van der Waals surface area contributed by atoms with Crippen LogP contribution in [-0.2, 0) is 10.2 Å². The zero-order valence-electron chi connectivity index (χ0n) is 10.8. The molecule has 0 radical (unpaired) electrons. The van der Waals surface area contributed by atoms with Gasteiger partial charge in [0.2, 0.25) is 0 Å². The maximum absolute atomic E-state index is 11.0. The summed E-state index contributed by atoms with van der Waals surface area (Å²) in [5.41, 5.74) is 6.31. The molecule has 0 saturated heterocycles. The lowest BCUT2D eigenvalue weighted by atomic mass is 9.81. The molecule has 0 fully saturated rings. The molecule has 0 aliphatic heterocycles. The first-order valence-electron chi connectivity index (χ1n) is 5.59. The first-order chi connectivity index (χ1) is 8.24. The van der Waals surface area contributed by atoms with Crippen LogP contribution in [0.3, 0.4) is 0 Å². The van der Waals surface area contributed by atoms with E-state index in [0.717, 1.165) is 5.56 Å². The average Bonchev–Trinajstić information content (AvgIpc) is 2.26. The number of hydrogen-bond donors (Lipinski definition) is 2. The molecule has 0 aliphatic rings. The van der Waals surface area contributed by atoms with Crippen molar-refractivity contribution in [3.8, 4) is 0 Å². The van der Waals surface area contributed by atoms with Crippen molar-refractivity contribution in [2.45, 2.75) is 25.7 Å². The predicted octanol–water partition coefficient (Wildman–Crippen LogP) is 1.95. The summed E-state index contributed by atoms with van der Waals surface area (Å²) in [7, 11) is 1.58. The summed E-state index contributed by atoms with van der Waals surface area (Å²) in [4.78, 5) is 23.1. The summed E-state index contributed by atoms with van der Waals surface area (Å²) >= 11 is 0. The molecule has 0 saturated carbocycles. The van der Waals surface area contributed by atoms with Crippen LogP contribution < -0.4 is 10.6 Å². The Labute approximate surface area is 106 Å². The molecule has 0 spiro atoms. The van der Waals surface area contributed by atoms with Gasteiger partial charge in [-0.15, -0.1) is 0 Å². The third-order valence-corrected chi connectivity index (χ3v) is 2.96. The number of aliphatic carboxylic acids is 1. The minimum absolute atomic E-state index is 0.0536. The molecular weight excluding hydrogens is 232 g/mol. The highest BCUT2D eigenvalue weighted by Gasteiger charge is 2.24.